The number of ether oxygens (including phenoxy) is 2. The highest BCUT2D eigenvalue weighted by Gasteiger charge is 2.20. The molecule has 4 heterocycles. The lowest BCUT2D eigenvalue weighted by Gasteiger charge is -2.00. The number of rotatable bonds is 7. The number of hydrogen-bond donors (Lipinski definition) is 0. The van der Waals surface area contributed by atoms with Crippen LogP contribution in [0.3, 0.4) is 0 Å². The minimum atomic E-state index is -0.330. The van der Waals surface area contributed by atoms with Crippen molar-refractivity contribution in [3.8, 4) is 29.4 Å². The van der Waals surface area contributed by atoms with Crippen LogP contribution in [0.1, 0.15) is 22.2 Å². The summed E-state index contributed by atoms with van der Waals surface area (Å²) < 4.78 is 11.2. The van der Waals surface area contributed by atoms with Gasteiger partial charge in [-0.05, 0) is 55.0 Å². The maximum absolute atomic E-state index is 12.1. The van der Waals surface area contributed by atoms with Gasteiger partial charge in [-0.1, -0.05) is 12.1 Å². The van der Waals surface area contributed by atoms with Crippen LogP contribution < -0.4 is 0 Å². The average Bonchev–Trinajstić information content (AvgIpc) is 3.63. The number of thiazole rings is 1. The first-order chi connectivity index (χ1) is 16.6. The Balaban J connectivity index is 1.50. The van der Waals surface area contributed by atoms with Crippen molar-refractivity contribution < 1.29 is 19.1 Å². The predicted molar refractivity (Wildman–Crippen MR) is 141 cm³/mol. The summed E-state index contributed by atoms with van der Waals surface area (Å²) in [5.74, 6) is -0.627. The third-order valence-corrected chi connectivity index (χ3v) is 9.94. The second-order valence-corrected chi connectivity index (χ2v) is 11.5. The van der Waals surface area contributed by atoms with Gasteiger partial charge in [-0.25, -0.2) is 9.78 Å². The lowest BCUT2D eigenvalue weighted by atomic mass is 10.1. The fraction of sp³-hybridized carbons (Fsp3) is 0.160. The molecule has 0 aliphatic rings. The molecule has 0 saturated carbocycles. The number of esters is 2. The Labute approximate surface area is 212 Å². The van der Waals surface area contributed by atoms with E-state index < -0.39 is 0 Å². The highest BCUT2D eigenvalue weighted by molar-refractivity contribution is 7.29. The Morgan fingerprint density at radius 2 is 1.68 bits per heavy atom. The molecule has 0 radical (unpaired) electrons. The molecule has 0 spiro atoms. The molecular weight excluding hydrogens is 507 g/mol. The lowest BCUT2D eigenvalue weighted by Crippen LogP contribution is -2.04. The molecule has 34 heavy (non-hydrogen) atoms. The number of benzene rings is 1. The number of thiophene rings is 3. The van der Waals surface area contributed by atoms with Gasteiger partial charge in [0.2, 0.25) is 0 Å². The van der Waals surface area contributed by atoms with Crippen LogP contribution in [0.25, 0.3) is 39.6 Å². The lowest BCUT2D eigenvalue weighted by molar-refractivity contribution is -0.139. The van der Waals surface area contributed by atoms with Gasteiger partial charge in [0.15, 0.2) is 0 Å². The van der Waals surface area contributed by atoms with Crippen LogP contribution in [0.2, 0.25) is 0 Å². The van der Waals surface area contributed by atoms with Crippen LogP contribution in [-0.2, 0) is 20.7 Å². The molecule has 0 saturated heterocycles. The molecule has 0 unspecified atom stereocenters. The number of hydrogen-bond acceptors (Lipinski definition) is 9. The van der Waals surface area contributed by atoms with E-state index >= 15 is 0 Å². The molecule has 0 bridgehead atoms. The quantitative estimate of drug-likeness (QED) is 0.208. The summed E-state index contributed by atoms with van der Waals surface area (Å²) in [6, 6.07) is 18.1. The number of carbonyl (C=O) groups excluding carboxylic acids is 2. The normalized spacial score (nSPS) is 11.1. The first-order valence-electron chi connectivity index (χ1n) is 10.5. The fourth-order valence-corrected chi connectivity index (χ4v) is 7.79. The molecular formula is C25H19NO4S4. The summed E-state index contributed by atoms with van der Waals surface area (Å²) in [5, 5.41) is 1.00. The number of para-hydroxylation sites is 1. The Bertz CT molecular complexity index is 1460. The van der Waals surface area contributed by atoms with Crippen molar-refractivity contribution in [3.05, 3.63) is 65.0 Å². The number of carbonyl (C=O) groups is 2. The van der Waals surface area contributed by atoms with Gasteiger partial charge in [-0.15, -0.1) is 45.3 Å². The van der Waals surface area contributed by atoms with Gasteiger partial charge in [0.05, 0.1) is 35.2 Å². The Morgan fingerprint density at radius 3 is 2.47 bits per heavy atom. The first-order valence-corrected chi connectivity index (χ1v) is 13.7. The Hall–Kier alpha value is -2.85. The molecule has 0 atom stereocenters. The van der Waals surface area contributed by atoms with Crippen molar-refractivity contribution in [3.63, 3.8) is 0 Å². The van der Waals surface area contributed by atoms with Crippen LogP contribution in [-0.4, -0.2) is 30.6 Å². The fourth-order valence-electron chi connectivity index (χ4n) is 3.45. The Morgan fingerprint density at radius 1 is 0.882 bits per heavy atom. The predicted octanol–water partition coefficient (Wildman–Crippen LogP) is 7.37. The summed E-state index contributed by atoms with van der Waals surface area (Å²) in [6.45, 7) is 2.12. The van der Waals surface area contributed by atoms with Crippen molar-refractivity contribution in [2.45, 2.75) is 13.3 Å². The smallest absolute Gasteiger partial charge is 0.348 e. The minimum Gasteiger partial charge on any atom is -0.469 e. The topological polar surface area (TPSA) is 65.5 Å². The second kappa shape index (κ2) is 9.79. The van der Waals surface area contributed by atoms with E-state index in [0.29, 0.717) is 11.5 Å². The molecule has 5 aromatic rings. The zero-order valence-corrected chi connectivity index (χ0v) is 21.6. The molecule has 1 aromatic carbocycles. The van der Waals surface area contributed by atoms with Gasteiger partial charge in [0, 0.05) is 19.5 Å². The summed E-state index contributed by atoms with van der Waals surface area (Å²) in [7, 11) is 1.39. The van der Waals surface area contributed by atoms with E-state index in [1.165, 1.54) is 23.1 Å². The van der Waals surface area contributed by atoms with Gasteiger partial charge in [0.1, 0.15) is 9.88 Å². The van der Waals surface area contributed by atoms with E-state index in [1.807, 2.05) is 24.3 Å². The standard InChI is InChI=1S/C25H19NO4S4/c1-3-30-25(28)20-11-9-18(32-20)23-14(13-22(27)29-2)12-21(33-23)17-8-10-19(31-17)24-26-15-6-4-5-7-16(15)34-24/h4-12H,3,13H2,1-2H3. The molecule has 0 amide bonds. The number of methoxy groups -OCH3 is 1. The molecule has 9 heteroatoms. The van der Waals surface area contributed by atoms with Crippen molar-refractivity contribution in [1.29, 1.82) is 0 Å². The van der Waals surface area contributed by atoms with E-state index in [1.54, 1.807) is 47.0 Å². The van der Waals surface area contributed by atoms with Crippen LogP contribution in [0, 0.1) is 0 Å². The van der Waals surface area contributed by atoms with Crippen molar-refractivity contribution >= 4 is 67.5 Å². The maximum Gasteiger partial charge on any atom is 0.348 e. The highest BCUT2D eigenvalue weighted by Crippen LogP contribution is 2.45. The molecule has 0 N–H and O–H groups in total. The molecule has 5 rings (SSSR count). The van der Waals surface area contributed by atoms with E-state index in [0.717, 1.165) is 40.5 Å². The molecule has 0 fully saturated rings. The Kier molecular flexibility index (Phi) is 6.60. The third kappa shape index (κ3) is 4.56. The largest absolute Gasteiger partial charge is 0.469 e. The third-order valence-electron chi connectivity index (χ3n) is 5.03. The van der Waals surface area contributed by atoms with E-state index in [-0.39, 0.29) is 18.4 Å². The van der Waals surface area contributed by atoms with E-state index in [4.69, 9.17) is 14.5 Å². The molecule has 0 aliphatic carbocycles. The zero-order chi connectivity index (χ0) is 23.7. The number of aromatic nitrogens is 1. The van der Waals surface area contributed by atoms with Crippen molar-refractivity contribution in [1.82, 2.24) is 4.98 Å². The summed E-state index contributed by atoms with van der Waals surface area (Å²) in [4.78, 5) is 34.7. The van der Waals surface area contributed by atoms with E-state index in [9.17, 15) is 9.59 Å². The van der Waals surface area contributed by atoms with E-state index in [2.05, 4.69) is 24.3 Å². The summed E-state index contributed by atoms with van der Waals surface area (Å²) in [6.07, 6.45) is 0.172. The SMILES string of the molecule is CCOC(=O)c1ccc(-c2sc(-c3ccc(-c4nc5ccccc5s4)s3)cc2CC(=O)OC)s1. The van der Waals surface area contributed by atoms with Gasteiger partial charge in [-0.3, -0.25) is 4.79 Å². The zero-order valence-electron chi connectivity index (χ0n) is 18.3. The minimum absolute atomic E-state index is 0.172. The summed E-state index contributed by atoms with van der Waals surface area (Å²) in [5.41, 5.74) is 1.89. The molecule has 4 aromatic heterocycles. The van der Waals surface area contributed by atoms with Crippen molar-refractivity contribution in [2.75, 3.05) is 13.7 Å². The van der Waals surface area contributed by atoms with Gasteiger partial charge >= 0.3 is 11.9 Å². The summed E-state index contributed by atoms with van der Waals surface area (Å²) >= 11 is 6.36. The molecule has 0 aliphatic heterocycles. The van der Waals surface area contributed by atoms with Crippen LogP contribution >= 0.6 is 45.3 Å². The maximum atomic E-state index is 12.1. The first kappa shape index (κ1) is 22.9. The van der Waals surface area contributed by atoms with Gasteiger partial charge in [-0.2, -0.15) is 0 Å². The van der Waals surface area contributed by atoms with Gasteiger partial charge in [0.25, 0.3) is 0 Å². The van der Waals surface area contributed by atoms with Crippen molar-refractivity contribution in [2.24, 2.45) is 0 Å². The van der Waals surface area contributed by atoms with Crippen LogP contribution in [0.15, 0.2) is 54.6 Å². The molecule has 172 valence electrons. The van der Waals surface area contributed by atoms with Crippen LogP contribution in [0.5, 0.6) is 0 Å². The highest BCUT2D eigenvalue weighted by atomic mass is 32.1. The average molecular weight is 526 g/mol. The van der Waals surface area contributed by atoms with Crippen LogP contribution in [0.4, 0.5) is 0 Å². The second-order valence-electron chi connectivity index (χ2n) is 7.25. The number of nitrogens with zero attached hydrogens (tertiary/aromatic N) is 1. The molecule has 5 nitrogen and oxygen atoms in total. The monoisotopic (exact) mass is 525 g/mol. The number of fused-ring (bicyclic) bond motifs is 1. The van der Waals surface area contributed by atoms with Gasteiger partial charge < -0.3 is 9.47 Å².